The molecule has 2 N–H and O–H groups in total. The van der Waals surface area contributed by atoms with E-state index in [1.807, 2.05) is 19.9 Å². The summed E-state index contributed by atoms with van der Waals surface area (Å²) in [6.45, 7) is 4.04. The summed E-state index contributed by atoms with van der Waals surface area (Å²) < 4.78 is 0. The van der Waals surface area contributed by atoms with Crippen LogP contribution in [0.3, 0.4) is 0 Å². The van der Waals surface area contributed by atoms with E-state index in [0.717, 1.165) is 22.9 Å². The van der Waals surface area contributed by atoms with Crippen molar-refractivity contribution in [3.05, 3.63) is 64.5 Å². The lowest BCUT2D eigenvalue weighted by molar-refractivity contribution is 0.419. The molecule has 104 valence electrons. The van der Waals surface area contributed by atoms with Crippen molar-refractivity contribution in [2.24, 2.45) is 5.73 Å². The molecule has 1 fully saturated rings. The van der Waals surface area contributed by atoms with Gasteiger partial charge in [0.2, 0.25) is 0 Å². The smallest absolute Gasteiger partial charge is 0.0569 e. The van der Waals surface area contributed by atoms with Gasteiger partial charge in [-0.05, 0) is 55.4 Å². The fraction of sp³-hybridized carbons (Fsp3) is 0.389. The molecule has 1 aliphatic rings. The van der Waals surface area contributed by atoms with E-state index in [-0.39, 0.29) is 6.04 Å². The zero-order chi connectivity index (χ0) is 14.1. The highest BCUT2D eigenvalue weighted by Crippen LogP contribution is 2.36. The second-order valence-corrected chi connectivity index (χ2v) is 5.90. The maximum Gasteiger partial charge on any atom is 0.0569 e. The van der Waals surface area contributed by atoms with Crippen molar-refractivity contribution < 1.29 is 0 Å². The molecule has 1 aromatic carbocycles. The minimum atomic E-state index is -0.0847. The van der Waals surface area contributed by atoms with Gasteiger partial charge in [0.05, 0.1) is 6.04 Å². The van der Waals surface area contributed by atoms with E-state index >= 15 is 0 Å². The molecule has 0 bridgehead atoms. The van der Waals surface area contributed by atoms with Crippen molar-refractivity contribution in [1.82, 2.24) is 4.98 Å². The van der Waals surface area contributed by atoms with Crippen LogP contribution in [0.5, 0.6) is 0 Å². The second-order valence-electron chi connectivity index (χ2n) is 5.90. The minimum Gasteiger partial charge on any atom is -0.320 e. The Morgan fingerprint density at radius 1 is 1.05 bits per heavy atom. The van der Waals surface area contributed by atoms with Gasteiger partial charge in [-0.1, -0.05) is 36.8 Å². The fourth-order valence-corrected chi connectivity index (χ4v) is 2.92. The Bertz CT molecular complexity index is 597. The van der Waals surface area contributed by atoms with E-state index in [9.17, 15) is 0 Å². The van der Waals surface area contributed by atoms with E-state index in [1.165, 1.54) is 30.4 Å². The largest absolute Gasteiger partial charge is 0.320 e. The van der Waals surface area contributed by atoms with Crippen LogP contribution in [-0.4, -0.2) is 4.98 Å². The first kappa shape index (κ1) is 13.3. The van der Waals surface area contributed by atoms with E-state index in [1.54, 1.807) is 0 Å². The summed E-state index contributed by atoms with van der Waals surface area (Å²) in [6, 6.07) is 12.9. The number of benzene rings is 1. The van der Waals surface area contributed by atoms with E-state index in [0.29, 0.717) is 0 Å². The topological polar surface area (TPSA) is 38.9 Å². The minimum absolute atomic E-state index is 0.0847. The molecule has 2 nitrogen and oxygen atoms in total. The Morgan fingerprint density at radius 2 is 1.75 bits per heavy atom. The number of pyridine rings is 1. The Morgan fingerprint density at radius 3 is 2.30 bits per heavy atom. The molecule has 0 radical (unpaired) electrons. The highest BCUT2D eigenvalue weighted by molar-refractivity contribution is 5.36. The van der Waals surface area contributed by atoms with Crippen LogP contribution in [0.4, 0.5) is 0 Å². The second kappa shape index (κ2) is 5.37. The summed E-state index contributed by atoms with van der Waals surface area (Å²) in [5.74, 6) is 0.781. The summed E-state index contributed by atoms with van der Waals surface area (Å²) in [4.78, 5) is 4.51. The molecule has 2 aromatic rings. The molecule has 2 heteroatoms. The number of hydrogen-bond donors (Lipinski definition) is 1. The Kier molecular flexibility index (Phi) is 3.58. The van der Waals surface area contributed by atoms with Gasteiger partial charge in [-0.3, -0.25) is 4.98 Å². The van der Waals surface area contributed by atoms with Crippen molar-refractivity contribution in [3.63, 3.8) is 0 Å². The van der Waals surface area contributed by atoms with Gasteiger partial charge in [0.1, 0.15) is 0 Å². The van der Waals surface area contributed by atoms with Gasteiger partial charge < -0.3 is 5.73 Å². The van der Waals surface area contributed by atoms with Crippen molar-refractivity contribution in [3.8, 4) is 0 Å². The molecule has 3 rings (SSSR count). The standard InChI is InChI=1S/C18H22N2/c1-12-6-11-17(13(2)20-12)18(19)16-9-7-15(8-10-16)14-4-3-5-14/h6-11,14,18H,3-5,19H2,1-2H3. The normalized spacial score (nSPS) is 16.8. The van der Waals surface area contributed by atoms with E-state index in [2.05, 4.69) is 35.3 Å². The van der Waals surface area contributed by atoms with Crippen molar-refractivity contribution >= 4 is 0 Å². The quantitative estimate of drug-likeness (QED) is 0.911. The van der Waals surface area contributed by atoms with Crippen LogP contribution in [-0.2, 0) is 0 Å². The van der Waals surface area contributed by atoms with Gasteiger partial charge in [0.25, 0.3) is 0 Å². The number of aryl methyl sites for hydroxylation is 2. The van der Waals surface area contributed by atoms with Gasteiger partial charge in [-0.2, -0.15) is 0 Å². The number of nitrogens with zero attached hydrogens (tertiary/aromatic N) is 1. The van der Waals surface area contributed by atoms with Crippen molar-refractivity contribution in [2.75, 3.05) is 0 Å². The number of hydrogen-bond acceptors (Lipinski definition) is 2. The number of nitrogens with two attached hydrogens (primary N) is 1. The van der Waals surface area contributed by atoms with Crippen LogP contribution in [0.1, 0.15) is 59.3 Å². The Balaban J connectivity index is 1.84. The van der Waals surface area contributed by atoms with Gasteiger partial charge in [-0.25, -0.2) is 0 Å². The third-order valence-electron chi connectivity index (χ3n) is 4.47. The number of rotatable bonds is 3. The lowest BCUT2D eigenvalue weighted by Gasteiger charge is -2.26. The monoisotopic (exact) mass is 266 g/mol. The third kappa shape index (κ3) is 2.48. The van der Waals surface area contributed by atoms with Gasteiger partial charge in [0, 0.05) is 11.4 Å². The summed E-state index contributed by atoms with van der Waals surface area (Å²) in [6.07, 6.45) is 4.05. The fourth-order valence-electron chi connectivity index (χ4n) is 2.92. The summed E-state index contributed by atoms with van der Waals surface area (Å²) in [7, 11) is 0. The van der Waals surface area contributed by atoms with Crippen molar-refractivity contribution in [2.45, 2.75) is 45.1 Å². The maximum atomic E-state index is 6.40. The molecule has 1 saturated carbocycles. The molecule has 0 spiro atoms. The molecule has 0 saturated heterocycles. The predicted molar refractivity (Wildman–Crippen MR) is 82.8 cm³/mol. The van der Waals surface area contributed by atoms with Crippen LogP contribution < -0.4 is 5.73 Å². The molecule has 1 aliphatic carbocycles. The van der Waals surface area contributed by atoms with E-state index in [4.69, 9.17) is 5.73 Å². The van der Waals surface area contributed by atoms with E-state index < -0.39 is 0 Å². The summed E-state index contributed by atoms with van der Waals surface area (Å²) >= 11 is 0. The maximum absolute atomic E-state index is 6.40. The van der Waals surface area contributed by atoms with Gasteiger partial charge in [0.15, 0.2) is 0 Å². The molecule has 0 amide bonds. The average molecular weight is 266 g/mol. The van der Waals surface area contributed by atoms with Crippen molar-refractivity contribution in [1.29, 1.82) is 0 Å². The molecule has 0 aliphatic heterocycles. The molecular formula is C18H22N2. The van der Waals surface area contributed by atoms with Gasteiger partial charge >= 0.3 is 0 Å². The summed E-state index contributed by atoms with van der Waals surface area (Å²) in [5, 5.41) is 0. The third-order valence-corrected chi connectivity index (χ3v) is 4.47. The van der Waals surface area contributed by atoms with Crippen LogP contribution in [0.15, 0.2) is 36.4 Å². The average Bonchev–Trinajstić information content (AvgIpc) is 2.37. The summed E-state index contributed by atoms with van der Waals surface area (Å²) in [5.41, 5.74) is 12.2. The molecule has 1 heterocycles. The first-order chi connectivity index (χ1) is 9.65. The zero-order valence-corrected chi connectivity index (χ0v) is 12.3. The Hall–Kier alpha value is -1.67. The Labute approximate surface area is 121 Å². The van der Waals surface area contributed by atoms with Crippen LogP contribution in [0, 0.1) is 13.8 Å². The highest BCUT2D eigenvalue weighted by atomic mass is 14.7. The predicted octanol–water partition coefficient (Wildman–Crippen LogP) is 4.01. The molecular weight excluding hydrogens is 244 g/mol. The first-order valence-corrected chi connectivity index (χ1v) is 7.45. The number of aromatic nitrogens is 1. The lowest BCUT2D eigenvalue weighted by Crippen LogP contribution is -2.15. The zero-order valence-electron chi connectivity index (χ0n) is 12.3. The molecule has 20 heavy (non-hydrogen) atoms. The van der Waals surface area contributed by atoms with Gasteiger partial charge in [-0.15, -0.1) is 0 Å². The SMILES string of the molecule is Cc1ccc(C(N)c2ccc(C3CCC3)cc2)c(C)n1. The van der Waals surface area contributed by atoms with Crippen LogP contribution in [0.25, 0.3) is 0 Å². The highest BCUT2D eigenvalue weighted by Gasteiger charge is 2.19. The lowest BCUT2D eigenvalue weighted by atomic mass is 9.79. The molecule has 1 atom stereocenters. The first-order valence-electron chi connectivity index (χ1n) is 7.45. The van der Waals surface area contributed by atoms with Crippen LogP contribution >= 0.6 is 0 Å². The molecule has 1 unspecified atom stereocenters. The molecule has 1 aromatic heterocycles. The van der Waals surface area contributed by atoms with Crippen LogP contribution in [0.2, 0.25) is 0 Å².